The third-order valence-corrected chi connectivity index (χ3v) is 2.75. The second kappa shape index (κ2) is 7.25. The minimum absolute atomic E-state index is 0.0895. The van der Waals surface area contributed by atoms with Crippen molar-refractivity contribution in [3.63, 3.8) is 0 Å². The number of alkyl halides is 3. The number of aromatic nitrogens is 2. The summed E-state index contributed by atoms with van der Waals surface area (Å²) in [5.74, 6) is -0.885. The number of carbonyl (C=O) groups is 1. The minimum Gasteiger partial charge on any atom is -0.462 e. The molecule has 1 rings (SSSR count). The van der Waals surface area contributed by atoms with Crippen LogP contribution in [-0.2, 0) is 4.74 Å². The molecule has 1 N–H and O–H groups in total. The summed E-state index contributed by atoms with van der Waals surface area (Å²) in [6, 6.07) is 0. The highest BCUT2D eigenvalue weighted by Gasteiger charge is 2.32. The molecule has 0 unspecified atom stereocenters. The summed E-state index contributed by atoms with van der Waals surface area (Å²) in [4.78, 5) is 19.5. The molecule has 116 valence electrons. The van der Waals surface area contributed by atoms with E-state index in [2.05, 4.69) is 20.5 Å². The fraction of sp³-hybridized carbons (Fsp3) is 0.455. The van der Waals surface area contributed by atoms with Crippen molar-refractivity contribution < 1.29 is 22.7 Å². The Hall–Kier alpha value is -1.84. The molecule has 10 heteroatoms. The fourth-order valence-electron chi connectivity index (χ4n) is 1.11. The molecule has 0 radical (unpaired) electrons. The van der Waals surface area contributed by atoms with Crippen molar-refractivity contribution in [3.8, 4) is 0 Å². The van der Waals surface area contributed by atoms with Gasteiger partial charge in [0.2, 0.25) is 0 Å². The lowest BCUT2D eigenvalue weighted by atomic mass is 10.3. The van der Waals surface area contributed by atoms with Crippen LogP contribution in [0, 0.1) is 0 Å². The average Bonchev–Trinajstić information content (AvgIpc) is 2.43. The van der Waals surface area contributed by atoms with Crippen LogP contribution in [0.5, 0.6) is 0 Å². The summed E-state index contributed by atoms with van der Waals surface area (Å²) in [6.45, 7) is 2.52. The SMILES string of the molecule is CCOC(=O)c1cnc(SC)nc1N/N=C(\C)C(F)(F)F. The second-order valence-electron chi connectivity index (χ2n) is 3.65. The maximum atomic E-state index is 12.4. The van der Waals surface area contributed by atoms with Gasteiger partial charge in [-0.3, -0.25) is 5.43 Å². The third-order valence-electron chi connectivity index (χ3n) is 2.18. The van der Waals surface area contributed by atoms with Crippen LogP contribution in [0.25, 0.3) is 0 Å². The quantitative estimate of drug-likeness (QED) is 0.295. The van der Waals surface area contributed by atoms with E-state index >= 15 is 0 Å². The first-order valence-electron chi connectivity index (χ1n) is 5.75. The number of nitrogens with one attached hydrogen (secondary N) is 1. The lowest BCUT2D eigenvalue weighted by Crippen LogP contribution is -2.21. The van der Waals surface area contributed by atoms with Gasteiger partial charge in [-0.15, -0.1) is 0 Å². The van der Waals surface area contributed by atoms with Crippen molar-refractivity contribution >= 4 is 29.3 Å². The number of hydrazone groups is 1. The highest BCUT2D eigenvalue weighted by Crippen LogP contribution is 2.20. The highest BCUT2D eigenvalue weighted by atomic mass is 32.2. The zero-order valence-electron chi connectivity index (χ0n) is 11.5. The molecule has 0 aliphatic rings. The Balaban J connectivity index is 3.10. The summed E-state index contributed by atoms with van der Waals surface area (Å²) in [5.41, 5.74) is 0.951. The van der Waals surface area contributed by atoms with Crippen molar-refractivity contribution in [1.82, 2.24) is 9.97 Å². The van der Waals surface area contributed by atoms with E-state index in [1.165, 1.54) is 18.0 Å². The number of halogens is 3. The zero-order valence-corrected chi connectivity index (χ0v) is 12.3. The van der Waals surface area contributed by atoms with Crippen LogP contribution in [0.15, 0.2) is 16.5 Å². The van der Waals surface area contributed by atoms with E-state index in [-0.39, 0.29) is 23.1 Å². The molecule has 0 aromatic carbocycles. The van der Waals surface area contributed by atoms with Gasteiger partial charge in [0.05, 0.1) is 6.61 Å². The van der Waals surface area contributed by atoms with Gasteiger partial charge in [0, 0.05) is 6.20 Å². The van der Waals surface area contributed by atoms with Crippen LogP contribution >= 0.6 is 11.8 Å². The van der Waals surface area contributed by atoms with E-state index in [1.807, 2.05) is 0 Å². The summed E-state index contributed by atoms with van der Waals surface area (Å²) >= 11 is 1.17. The van der Waals surface area contributed by atoms with Crippen molar-refractivity contribution in [1.29, 1.82) is 0 Å². The van der Waals surface area contributed by atoms with Gasteiger partial charge in [-0.25, -0.2) is 14.8 Å². The van der Waals surface area contributed by atoms with Crippen molar-refractivity contribution in [2.75, 3.05) is 18.3 Å². The molecular weight excluding hydrogens is 309 g/mol. The predicted molar refractivity (Wildman–Crippen MR) is 72.6 cm³/mol. The lowest BCUT2D eigenvalue weighted by Gasteiger charge is -2.09. The number of anilines is 1. The summed E-state index contributed by atoms with van der Waals surface area (Å²) < 4.78 is 41.9. The summed E-state index contributed by atoms with van der Waals surface area (Å²) in [7, 11) is 0. The molecule has 21 heavy (non-hydrogen) atoms. The smallest absolute Gasteiger partial charge is 0.430 e. The second-order valence-corrected chi connectivity index (χ2v) is 4.42. The Morgan fingerprint density at radius 3 is 2.71 bits per heavy atom. The van der Waals surface area contributed by atoms with Crippen LogP contribution in [0.2, 0.25) is 0 Å². The summed E-state index contributed by atoms with van der Waals surface area (Å²) in [6.07, 6.45) is -1.70. The van der Waals surface area contributed by atoms with Gasteiger partial charge in [-0.05, 0) is 20.1 Å². The molecule has 0 saturated carbocycles. The van der Waals surface area contributed by atoms with Crippen LogP contribution < -0.4 is 5.43 Å². The van der Waals surface area contributed by atoms with E-state index < -0.39 is 17.9 Å². The first kappa shape index (κ1) is 17.2. The van der Waals surface area contributed by atoms with Gasteiger partial charge in [0.25, 0.3) is 0 Å². The van der Waals surface area contributed by atoms with E-state index in [0.29, 0.717) is 0 Å². The number of hydrogen-bond acceptors (Lipinski definition) is 7. The van der Waals surface area contributed by atoms with Crippen LogP contribution in [0.3, 0.4) is 0 Å². The zero-order chi connectivity index (χ0) is 16.0. The Bertz CT molecular complexity index is 549. The standard InChI is InChI=1S/C11H13F3N4O2S/c1-4-20-9(19)7-5-15-10(21-3)16-8(7)18-17-6(2)11(12,13)14/h5H,4H2,1-3H3,(H,15,16,18)/b17-6+. The molecule has 1 aromatic heterocycles. The van der Waals surface area contributed by atoms with Crippen LogP contribution in [-0.4, -0.2) is 40.7 Å². The van der Waals surface area contributed by atoms with E-state index in [4.69, 9.17) is 4.74 Å². The lowest BCUT2D eigenvalue weighted by molar-refractivity contribution is -0.0592. The Morgan fingerprint density at radius 1 is 1.52 bits per heavy atom. The Labute approximate surface area is 123 Å². The van der Waals surface area contributed by atoms with Crippen LogP contribution in [0.4, 0.5) is 19.0 Å². The van der Waals surface area contributed by atoms with E-state index in [9.17, 15) is 18.0 Å². The molecular formula is C11H13F3N4O2S. The molecule has 0 fully saturated rings. The van der Waals surface area contributed by atoms with Gasteiger partial charge in [0.15, 0.2) is 11.0 Å². The van der Waals surface area contributed by atoms with Crippen molar-refractivity contribution in [3.05, 3.63) is 11.8 Å². The Morgan fingerprint density at radius 2 is 2.19 bits per heavy atom. The molecule has 0 spiro atoms. The van der Waals surface area contributed by atoms with Gasteiger partial charge in [-0.1, -0.05) is 11.8 Å². The number of esters is 1. The first-order valence-corrected chi connectivity index (χ1v) is 6.97. The van der Waals surface area contributed by atoms with Crippen molar-refractivity contribution in [2.45, 2.75) is 25.2 Å². The number of nitrogens with zero attached hydrogens (tertiary/aromatic N) is 3. The van der Waals surface area contributed by atoms with Crippen molar-refractivity contribution in [2.24, 2.45) is 5.10 Å². The molecule has 0 aliphatic heterocycles. The number of thioether (sulfide) groups is 1. The van der Waals surface area contributed by atoms with Gasteiger partial charge >= 0.3 is 12.1 Å². The topological polar surface area (TPSA) is 76.5 Å². The number of carbonyl (C=O) groups excluding carboxylic acids is 1. The third kappa shape index (κ3) is 4.88. The molecule has 1 aromatic rings. The molecule has 0 aliphatic carbocycles. The highest BCUT2D eigenvalue weighted by molar-refractivity contribution is 7.98. The normalized spacial score (nSPS) is 12.2. The molecule has 0 amide bonds. The number of rotatable bonds is 5. The average molecular weight is 322 g/mol. The van der Waals surface area contributed by atoms with E-state index in [1.54, 1.807) is 13.2 Å². The minimum atomic E-state index is -4.56. The maximum absolute atomic E-state index is 12.4. The number of hydrogen-bond donors (Lipinski definition) is 1. The first-order chi connectivity index (χ1) is 9.79. The molecule has 1 heterocycles. The fourth-order valence-corrected chi connectivity index (χ4v) is 1.45. The maximum Gasteiger partial charge on any atom is 0.430 e. The number of ether oxygens (including phenoxy) is 1. The molecule has 0 atom stereocenters. The summed E-state index contributed by atoms with van der Waals surface area (Å²) in [5, 5.41) is 3.46. The van der Waals surface area contributed by atoms with Gasteiger partial charge < -0.3 is 4.74 Å². The van der Waals surface area contributed by atoms with Gasteiger partial charge in [-0.2, -0.15) is 18.3 Å². The van der Waals surface area contributed by atoms with Gasteiger partial charge in [0.1, 0.15) is 11.3 Å². The Kier molecular flexibility index (Phi) is 5.94. The molecule has 6 nitrogen and oxygen atoms in total. The monoisotopic (exact) mass is 322 g/mol. The predicted octanol–water partition coefficient (Wildman–Crippen LogP) is 2.73. The largest absolute Gasteiger partial charge is 0.462 e. The van der Waals surface area contributed by atoms with Crippen LogP contribution in [0.1, 0.15) is 24.2 Å². The van der Waals surface area contributed by atoms with E-state index in [0.717, 1.165) is 6.92 Å². The molecule has 0 bridgehead atoms. The molecule has 0 saturated heterocycles.